The molecule has 0 aromatic carbocycles. The third-order valence-corrected chi connectivity index (χ3v) is 2.99. The number of ether oxygens (including phenoxy) is 2. The number of H-pyrrole nitrogens is 1. The number of carbonyl (C=O) groups excluding carboxylic acids is 1. The predicted molar refractivity (Wildman–Crippen MR) is 63.8 cm³/mol. The van der Waals surface area contributed by atoms with Crippen molar-refractivity contribution in [1.29, 1.82) is 0 Å². The molecule has 1 fully saturated rings. The maximum Gasteiger partial charge on any atom is 0.330 e. The fourth-order valence-electron chi connectivity index (χ4n) is 1.76. The number of hydrogen-bond donors (Lipinski definition) is 1. The van der Waals surface area contributed by atoms with E-state index in [1.807, 2.05) is 0 Å². The first-order valence-corrected chi connectivity index (χ1v) is 5.68. The summed E-state index contributed by atoms with van der Waals surface area (Å²) >= 11 is 5.90. The molecule has 1 N–H and O–H groups in total. The summed E-state index contributed by atoms with van der Waals surface area (Å²) in [7, 11) is 1.29. The highest BCUT2D eigenvalue weighted by Gasteiger charge is 2.32. The smallest absolute Gasteiger partial charge is 0.330 e. The monoisotopic (exact) mass is 273 g/mol. The van der Waals surface area contributed by atoms with E-state index >= 15 is 0 Å². The van der Waals surface area contributed by atoms with Gasteiger partial charge in [0, 0.05) is 6.54 Å². The number of hydrogen-bond acceptors (Lipinski definition) is 6. The van der Waals surface area contributed by atoms with E-state index in [2.05, 4.69) is 9.97 Å². The number of anilines is 1. The minimum atomic E-state index is -0.643. The van der Waals surface area contributed by atoms with Crippen LogP contribution in [-0.2, 0) is 14.3 Å². The Labute approximate surface area is 108 Å². The maximum absolute atomic E-state index is 11.6. The van der Waals surface area contributed by atoms with Crippen molar-refractivity contribution < 1.29 is 14.3 Å². The number of rotatable bonds is 2. The minimum absolute atomic E-state index is 0.0479. The average molecular weight is 274 g/mol. The first kappa shape index (κ1) is 12.8. The van der Waals surface area contributed by atoms with E-state index in [1.54, 1.807) is 4.90 Å². The second-order valence-corrected chi connectivity index (χ2v) is 4.05. The van der Waals surface area contributed by atoms with Crippen LogP contribution >= 0.6 is 11.6 Å². The van der Waals surface area contributed by atoms with E-state index < -0.39 is 17.6 Å². The van der Waals surface area contributed by atoms with E-state index in [4.69, 9.17) is 21.1 Å². The minimum Gasteiger partial charge on any atom is -0.467 e. The number of aromatic nitrogens is 2. The highest BCUT2D eigenvalue weighted by molar-refractivity contribution is 6.32. The van der Waals surface area contributed by atoms with Crippen molar-refractivity contribution in [2.24, 2.45) is 0 Å². The third-order valence-electron chi connectivity index (χ3n) is 2.65. The zero-order valence-electron chi connectivity index (χ0n) is 9.68. The first-order chi connectivity index (χ1) is 8.65. The Morgan fingerprint density at radius 2 is 2.50 bits per heavy atom. The average Bonchev–Trinajstić information content (AvgIpc) is 2.41. The van der Waals surface area contributed by atoms with E-state index in [9.17, 15) is 9.59 Å². The van der Waals surface area contributed by atoms with E-state index in [0.717, 1.165) is 0 Å². The van der Waals surface area contributed by atoms with Crippen LogP contribution in [0.5, 0.6) is 0 Å². The fraction of sp³-hybridized carbons (Fsp3) is 0.500. The van der Waals surface area contributed by atoms with Gasteiger partial charge in [0.2, 0.25) is 0 Å². The molecule has 0 amide bonds. The number of morpholine rings is 1. The van der Waals surface area contributed by atoms with Crippen LogP contribution in [0.1, 0.15) is 0 Å². The van der Waals surface area contributed by atoms with Crippen molar-refractivity contribution in [3.8, 4) is 0 Å². The van der Waals surface area contributed by atoms with Gasteiger partial charge in [-0.2, -0.15) is 0 Å². The first-order valence-electron chi connectivity index (χ1n) is 5.30. The molecule has 8 heteroatoms. The Morgan fingerprint density at radius 3 is 3.22 bits per heavy atom. The number of nitrogens with zero attached hydrogens (tertiary/aromatic N) is 2. The van der Waals surface area contributed by atoms with Crippen molar-refractivity contribution in [3.05, 3.63) is 21.7 Å². The molecule has 1 saturated heterocycles. The summed E-state index contributed by atoms with van der Waals surface area (Å²) in [6.45, 7) is 1.02. The molecule has 1 unspecified atom stereocenters. The van der Waals surface area contributed by atoms with Gasteiger partial charge in [-0.05, 0) is 0 Å². The van der Waals surface area contributed by atoms with Crippen LogP contribution < -0.4 is 10.5 Å². The van der Waals surface area contributed by atoms with E-state index in [0.29, 0.717) is 13.2 Å². The summed E-state index contributed by atoms with van der Waals surface area (Å²) in [5.41, 5.74) is -0.447. The van der Waals surface area contributed by atoms with E-state index in [-0.39, 0.29) is 17.4 Å². The molecule has 7 nitrogen and oxygen atoms in total. The third kappa shape index (κ3) is 2.32. The van der Waals surface area contributed by atoms with Crippen LogP contribution in [0.2, 0.25) is 5.02 Å². The van der Waals surface area contributed by atoms with Gasteiger partial charge in [-0.1, -0.05) is 11.6 Å². The Balaban J connectivity index is 2.37. The molecule has 1 aromatic heterocycles. The SMILES string of the molecule is COC(=O)C1COCCN1c1nc[nH]c(=O)c1Cl. The maximum atomic E-state index is 11.6. The molecule has 18 heavy (non-hydrogen) atoms. The lowest BCUT2D eigenvalue weighted by Gasteiger charge is -2.34. The van der Waals surface area contributed by atoms with Gasteiger partial charge < -0.3 is 19.4 Å². The van der Waals surface area contributed by atoms with Gasteiger partial charge in [-0.25, -0.2) is 9.78 Å². The largest absolute Gasteiger partial charge is 0.467 e. The number of esters is 1. The molecule has 0 radical (unpaired) electrons. The standard InChI is InChI=1S/C10H12ClN3O4/c1-17-10(16)6-4-18-3-2-14(6)8-7(11)9(15)13-5-12-8/h5-6H,2-4H2,1H3,(H,12,13,15). The van der Waals surface area contributed by atoms with Gasteiger partial charge in [0.15, 0.2) is 11.9 Å². The van der Waals surface area contributed by atoms with Crippen LogP contribution in [0.4, 0.5) is 5.82 Å². The van der Waals surface area contributed by atoms with Crippen molar-refractivity contribution in [3.63, 3.8) is 0 Å². The predicted octanol–water partition coefficient (Wildman–Crippen LogP) is -0.199. The van der Waals surface area contributed by atoms with Crippen molar-refractivity contribution >= 4 is 23.4 Å². The van der Waals surface area contributed by atoms with Crippen LogP contribution in [0.15, 0.2) is 11.1 Å². The normalized spacial score (nSPS) is 19.7. The highest BCUT2D eigenvalue weighted by Crippen LogP contribution is 2.23. The summed E-state index contributed by atoms with van der Waals surface area (Å²) < 4.78 is 9.92. The number of halogens is 1. The Kier molecular flexibility index (Phi) is 3.83. The number of methoxy groups -OCH3 is 1. The summed E-state index contributed by atoms with van der Waals surface area (Å²) in [6, 6.07) is -0.643. The zero-order chi connectivity index (χ0) is 13.1. The molecular formula is C10H12ClN3O4. The summed E-state index contributed by atoms with van der Waals surface area (Å²) in [6.07, 6.45) is 1.24. The lowest BCUT2D eigenvalue weighted by Crippen LogP contribution is -2.51. The zero-order valence-corrected chi connectivity index (χ0v) is 10.4. The molecule has 2 rings (SSSR count). The van der Waals surface area contributed by atoms with Crippen molar-refractivity contribution in [2.75, 3.05) is 31.8 Å². The molecule has 0 bridgehead atoms. The fourth-order valence-corrected chi connectivity index (χ4v) is 1.97. The molecule has 2 heterocycles. The van der Waals surface area contributed by atoms with Crippen molar-refractivity contribution in [1.82, 2.24) is 9.97 Å². The lowest BCUT2D eigenvalue weighted by atomic mass is 10.2. The van der Waals surface area contributed by atoms with Gasteiger partial charge in [0.1, 0.15) is 5.02 Å². The molecule has 98 valence electrons. The van der Waals surface area contributed by atoms with Gasteiger partial charge in [-0.3, -0.25) is 4.79 Å². The molecule has 0 spiro atoms. The summed E-state index contributed by atoms with van der Waals surface area (Å²) in [5, 5.41) is -0.0479. The van der Waals surface area contributed by atoms with Crippen LogP contribution in [0.3, 0.4) is 0 Å². The van der Waals surface area contributed by atoms with Gasteiger partial charge in [0.25, 0.3) is 5.56 Å². The molecule has 1 aliphatic rings. The van der Waals surface area contributed by atoms with Gasteiger partial charge in [0.05, 0.1) is 26.7 Å². The summed E-state index contributed by atoms with van der Waals surface area (Å²) in [5.74, 6) is -0.188. The molecule has 1 aromatic rings. The molecule has 0 aliphatic carbocycles. The quantitative estimate of drug-likeness (QED) is 0.752. The summed E-state index contributed by atoms with van der Waals surface area (Å²) in [4.78, 5) is 31.1. The second kappa shape index (κ2) is 5.36. The molecule has 1 atom stereocenters. The number of nitrogens with one attached hydrogen (secondary N) is 1. The number of carbonyl (C=O) groups is 1. The Hall–Kier alpha value is -1.60. The van der Waals surface area contributed by atoms with Crippen molar-refractivity contribution in [2.45, 2.75) is 6.04 Å². The highest BCUT2D eigenvalue weighted by atomic mass is 35.5. The second-order valence-electron chi connectivity index (χ2n) is 3.68. The Bertz CT molecular complexity index is 504. The van der Waals surface area contributed by atoms with Crippen LogP contribution in [0.25, 0.3) is 0 Å². The Morgan fingerprint density at radius 1 is 1.72 bits per heavy atom. The number of aromatic amines is 1. The lowest BCUT2D eigenvalue weighted by molar-refractivity contribution is -0.144. The van der Waals surface area contributed by atoms with Gasteiger partial charge >= 0.3 is 5.97 Å². The molecule has 1 aliphatic heterocycles. The topological polar surface area (TPSA) is 84.5 Å². The van der Waals surface area contributed by atoms with E-state index in [1.165, 1.54) is 13.4 Å². The van der Waals surface area contributed by atoms with Crippen LogP contribution in [0, 0.1) is 0 Å². The molecule has 0 saturated carbocycles. The molecular weight excluding hydrogens is 262 g/mol. The van der Waals surface area contributed by atoms with Crippen LogP contribution in [-0.4, -0.2) is 48.8 Å². The van der Waals surface area contributed by atoms with Gasteiger partial charge in [-0.15, -0.1) is 0 Å².